The summed E-state index contributed by atoms with van der Waals surface area (Å²) in [6.07, 6.45) is 5.05. The summed E-state index contributed by atoms with van der Waals surface area (Å²) in [5.74, 6) is 0.110. The molecule has 3 nitrogen and oxygen atoms in total. The number of halogens is 1. The number of amidine groups is 1. The van der Waals surface area contributed by atoms with Crippen molar-refractivity contribution in [3.8, 4) is 0 Å². The zero-order valence-electron chi connectivity index (χ0n) is 12.5. The lowest BCUT2D eigenvalue weighted by atomic mass is 9.75. The molecule has 0 saturated heterocycles. The van der Waals surface area contributed by atoms with Gasteiger partial charge in [0.1, 0.15) is 5.84 Å². The van der Waals surface area contributed by atoms with Crippen LogP contribution in [0.4, 0.5) is 5.69 Å². The Bertz CT molecular complexity index is 500. The smallest absolute Gasteiger partial charge is 0.122 e. The molecule has 110 valence electrons. The van der Waals surface area contributed by atoms with Gasteiger partial charge in [0.25, 0.3) is 0 Å². The molecule has 0 unspecified atom stereocenters. The third-order valence-electron chi connectivity index (χ3n) is 4.50. The third kappa shape index (κ3) is 3.35. The molecule has 4 heteroatoms. The summed E-state index contributed by atoms with van der Waals surface area (Å²) < 4.78 is 1.01. The molecular weight excluding hydrogens is 314 g/mol. The SMILES string of the molecule is CN(c1ccc(C(=N)N)cc1Br)C1CCC(C)(C)CC1. The van der Waals surface area contributed by atoms with Gasteiger partial charge in [-0.2, -0.15) is 0 Å². The first kappa shape index (κ1) is 15.4. The van der Waals surface area contributed by atoms with E-state index in [9.17, 15) is 0 Å². The highest BCUT2D eigenvalue weighted by atomic mass is 79.9. The van der Waals surface area contributed by atoms with Crippen LogP contribution in [0.15, 0.2) is 22.7 Å². The minimum absolute atomic E-state index is 0.110. The molecule has 0 spiro atoms. The lowest BCUT2D eigenvalue weighted by Gasteiger charge is -2.40. The van der Waals surface area contributed by atoms with Crippen LogP contribution in [-0.4, -0.2) is 18.9 Å². The highest BCUT2D eigenvalue weighted by Gasteiger charge is 2.29. The summed E-state index contributed by atoms with van der Waals surface area (Å²) >= 11 is 3.61. The monoisotopic (exact) mass is 337 g/mol. The Morgan fingerprint density at radius 2 is 1.95 bits per heavy atom. The van der Waals surface area contributed by atoms with Gasteiger partial charge in [-0.25, -0.2) is 0 Å². The molecule has 1 aromatic carbocycles. The molecule has 0 heterocycles. The van der Waals surface area contributed by atoms with Crippen molar-refractivity contribution in [3.63, 3.8) is 0 Å². The molecular formula is C16H24BrN3. The average Bonchev–Trinajstić information content (AvgIpc) is 2.37. The fraction of sp³-hybridized carbons (Fsp3) is 0.562. The lowest BCUT2D eigenvalue weighted by molar-refractivity contribution is 0.222. The summed E-state index contributed by atoms with van der Waals surface area (Å²) in [5.41, 5.74) is 7.97. The number of anilines is 1. The Morgan fingerprint density at radius 3 is 2.45 bits per heavy atom. The normalized spacial score (nSPS) is 18.8. The first-order valence-electron chi connectivity index (χ1n) is 7.17. The van der Waals surface area contributed by atoms with Crippen LogP contribution in [0.2, 0.25) is 0 Å². The van der Waals surface area contributed by atoms with E-state index in [1.165, 1.54) is 31.4 Å². The van der Waals surface area contributed by atoms with Crippen LogP contribution in [0.5, 0.6) is 0 Å². The number of hydrogen-bond donors (Lipinski definition) is 2. The summed E-state index contributed by atoms with van der Waals surface area (Å²) in [6, 6.07) is 6.51. The zero-order chi connectivity index (χ0) is 14.9. The van der Waals surface area contributed by atoms with E-state index in [1.807, 2.05) is 12.1 Å². The summed E-state index contributed by atoms with van der Waals surface area (Å²) in [7, 11) is 2.16. The van der Waals surface area contributed by atoms with Gasteiger partial charge in [0.05, 0.1) is 5.69 Å². The fourth-order valence-corrected chi connectivity index (χ4v) is 3.59. The van der Waals surface area contributed by atoms with E-state index < -0.39 is 0 Å². The highest BCUT2D eigenvalue weighted by molar-refractivity contribution is 9.10. The van der Waals surface area contributed by atoms with Crippen molar-refractivity contribution >= 4 is 27.5 Å². The Balaban J connectivity index is 2.13. The summed E-state index contributed by atoms with van der Waals surface area (Å²) in [4.78, 5) is 2.36. The van der Waals surface area contributed by atoms with Crippen molar-refractivity contribution in [2.24, 2.45) is 11.1 Å². The van der Waals surface area contributed by atoms with E-state index >= 15 is 0 Å². The second-order valence-corrected chi connectivity index (χ2v) is 7.44. The van der Waals surface area contributed by atoms with Crippen LogP contribution in [0.25, 0.3) is 0 Å². The van der Waals surface area contributed by atoms with Gasteiger partial charge in [-0.15, -0.1) is 0 Å². The number of benzene rings is 1. The molecule has 1 fully saturated rings. The number of nitrogen functional groups attached to an aromatic ring is 1. The maximum absolute atomic E-state index is 7.49. The number of hydrogen-bond acceptors (Lipinski definition) is 2. The van der Waals surface area contributed by atoms with Gasteiger partial charge in [-0.3, -0.25) is 5.41 Å². The van der Waals surface area contributed by atoms with Crippen LogP contribution in [0.1, 0.15) is 45.1 Å². The van der Waals surface area contributed by atoms with Crippen LogP contribution in [-0.2, 0) is 0 Å². The van der Waals surface area contributed by atoms with Gasteiger partial charge >= 0.3 is 0 Å². The third-order valence-corrected chi connectivity index (χ3v) is 5.13. The van der Waals surface area contributed by atoms with Crippen molar-refractivity contribution in [1.29, 1.82) is 5.41 Å². The van der Waals surface area contributed by atoms with Crippen molar-refractivity contribution < 1.29 is 0 Å². The van der Waals surface area contributed by atoms with E-state index in [4.69, 9.17) is 11.1 Å². The van der Waals surface area contributed by atoms with Gasteiger partial charge in [-0.05, 0) is 65.2 Å². The van der Waals surface area contributed by atoms with Gasteiger partial charge in [0.15, 0.2) is 0 Å². The molecule has 1 aliphatic rings. The maximum Gasteiger partial charge on any atom is 0.122 e. The first-order valence-corrected chi connectivity index (χ1v) is 7.96. The minimum Gasteiger partial charge on any atom is -0.384 e. The molecule has 2 rings (SSSR count). The van der Waals surface area contributed by atoms with E-state index in [2.05, 4.69) is 47.8 Å². The Labute approximate surface area is 130 Å². The van der Waals surface area contributed by atoms with Gasteiger partial charge in [0.2, 0.25) is 0 Å². The van der Waals surface area contributed by atoms with Crippen molar-refractivity contribution in [1.82, 2.24) is 0 Å². The molecule has 1 saturated carbocycles. The standard InChI is InChI=1S/C16H24BrN3/c1-16(2)8-6-12(7-9-16)20(3)14-5-4-11(15(18)19)10-13(14)17/h4-5,10,12H,6-9H2,1-3H3,(H3,18,19). The van der Waals surface area contributed by atoms with E-state index in [1.54, 1.807) is 0 Å². The number of nitrogens with two attached hydrogens (primary N) is 1. The topological polar surface area (TPSA) is 53.1 Å². The van der Waals surface area contributed by atoms with Crippen LogP contribution < -0.4 is 10.6 Å². The lowest BCUT2D eigenvalue weighted by Crippen LogP contribution is -2.37. The molecule has 1 aliphatic carbocycles. The molecule has 0 amide bonds. The zero-order valence-corrected chi connectivity index (χ0v) is 14.1. The molecule has 20 heavy (non-hydrogen) atoms. The molecule has 0 aromatic heterocycles. The van der Waals surface area contributed by atoms with Gasteiger partial charge in [-0.1, -0.05) is 13.8 Å². The Hall–Kier alpha value is -1.03. The van der Waals surface area contributed by atoms with Crippen LogP contribution in [0, 0.1) is 10.8 Å². The van der Waals surface area contributed by atoms with Crippen LogP contribution >= 0.6 is 15.9 Å². The van der Waals surface area contributed by atoms with Crippen molar-refractivity contribution in [2.45, 2.75) is 45.6 Å². The van der Waals surface area contributed by atoms with Crippen molar-refractivity contribution in [2.75, 3.05) is 11.9 Å². The molecule has 1 aromatic rings. The van der Waals surface area contributed by atoms with Gasteiger partial charge < -0.3 is 10.6 Å². The van der Waals surface area contributed by atoms with E-state index in [0.29, 0.717) is 11.5 Å². The quantitative estimate of drug-likeness (QED) is 0.643. The number of rotatable bonds is 3. The van der Waals surface area contributed by atoms with E-state index in [0.717, 1.165) is 10.0 Å². The maximum atomic E-state index is 7.49. The van der Waals surface area contributed by atoms with Crippen LogP contribution in [0.3, 0.4) is 0 Å². The Kier molecular flexibility index (Phi) is 4.43. The van der Waals surface area contributed by atoms with Crippen molar-refractivity contribution in [3.05, 3.63) is 28.2 Å². The molecule has 0 radical (unpaired) electrons. The average molecular weight is 338 g/mol. The van der Waals surface area contributed by atoms with E-state index in [-0.39, 0.29) is 5.84 Å². The predicted molar refractivity (Wildman–Crippen MR) is 89.6 cm³/mol. The molecule has 0 bridgehead atoms. The first-order chi connectivity index (χ1) is 9.30. The largest absolute Gasteiger partial charge is 0.384 e. The molecule has 0 atom stereocenters. The number of nitrogens with zero attached hydrogens (tertiary/aromatic N) is 1. The molecule has 0 aliphatic heterocycles. The van der Waals surface area contributed by atoms with Gasteiger partial charge in [0, 0.05) is 23.1 Å². The predicted octanol–water partition coefficient (Wildman–Crippen LogP) is 4.14. The Morgan fingerprint density at radius 1 is 1.35 bits per heavy atom. The highest BCUT2D eigenvalue weighted by Crippen LogP contribution is 2.39. The second kappa shape index (κ2) is 5.76. The fourth-order valence-electron chi connectivity index (χ4n) is 2.93. The number of nitrogens with one attached hydrogen (secondary N) is 1. The second-order valence-electron chi connectivity index (χ2n) is 6.59. The minimum atomic E-state index is 0.110. The molecule has 3 N–H and O–H groups in total. The summed E-state index contributed by atoms with van der Waals surface area (Å²) in [5, 5.41) is 7.49. The summed E-state index contributed by atoms with van der Waals surface area (Å²) in [6.45, 7) is 4.72.